The Hall–Kier alpha value is -0.290. The molecule has 0 aliphatic carbocycles. The highest BCUT2D eigenvalue weighted by Crippen LogP contribution is 2.23. The van der Waals surface area contributed by atoms with Crippen LogP contribution in [0.15, 0.2) is 4.47 Å². The second-order valence-corrected chi connectivity index (χ2v) is 6.04. The first-order valence-corrected chi connectivity index (χ1v) is 8.42. The Morgan fingerprint density at radius 3 is 2.67 bits per heavy atom. The van der Waals surface area contributed by atoms with E-state index in [1.54, 1.807) is 11.8 Å². The number of halogens is 1. The summed E-state index contributed by atoms with van der Waals surface area (Å²) in [5, 5.41) is 4.51. The van der Waals surface area contributed by atoms with Gasteiger partial charge in [0.2, 0.25) is 0 Å². The van der Waals surface area contributed by atoms with Crippen LogP contribution in [0.5, 0.6) is 0 Å². The van der Waals surface area contributed by atoms with Gasteiger partial charge in [-0.2, -0.15) is 16.9 Å². The average Bonchev–Trinajstić information content (AvgIpc) is 2.66. The van der Waals surface area contributed by atoms with Crippen molar-refractivity contribution < 1.29 is 4.79 Å². The van der Waals surface area contributed by atoms with Crippen molar-refractivity contribution in [2.24, 2.45) is 0 Å². The highest BCUT2D eigenvalue weighted by atomic mass is 79.9. The number of hydrogen-bond donors (Lipinski definition) is 0. The lowest BCUT2D eigenvalue weighted by molar-refractivity contribution is -0.116. The van der Waals surface area contributed by atoms with Crippen molar-refractivity contribution in [2.45, 2.75) is 46.6 Å². The molecule has 1 aromatic heterocycles. The molecule has 3 nitrogen and oxygen atoms in total. The number of hydrogen-bond acceptors (Lipinski definition) is 3. The van der Waals surface area contributed by atoms with E-state index in [9.17, 15) is 4.79 Å². The molecule has 1 aromatic rings. The third-order valence-electron chi connectivity index (χ3n) is 2.67. The van der Waals surface area contributed by atoms with Crippen molar-refractivity contribution in [2.75, 3.05) is 11.5 Å². The fourth-order valence-electron chi connectivity index (χ4n) is 1.75. The summed E-state index contributed by atoms with van der Waals surface area (Å²) in [7, 11) is 0. The van der Waals surface area contributed by atoms with Gasteiger partial charge in [-0.15, -0.1) is 0 Å². The zero-order chi connectivity index (χ0) is 13.5. The first-order valence-electron chi connectivity index (χ1n) is 6.47. The number of carbonyl (C=O) groups excluding carboxylic acids is 1. The van der Waals surface area contributed by atoms with E-state index in [-0.39, 0.29) is 5.78 Å². The van der Waals surface area contributed by atoms with Crippen LogP contribution >= 0.6 is 27.7 Å². The number of ketones is 1. The molecule has 0 spiro atoms. The standard InChI is InChI=1S/C13H21BrN2OS/c1-4-7-18-9-10(17)8-12-13(14)11(5-2)15-16(12)6-3/h4-9H2,1-3H3. The molecule has 0 bridgehead atoms. The molecule has 5 heteroatoms. The summed E-state index contributed by atoms with van der Waals surface area (Å²) >= 11 is 5.29. The molecular formula is C13H21BrN2OS. The predicted octanol–water partition coefficient (Wildman–Crippen LogP) is 3.48. The molecule has 0 fully saturated rings. The zero-order valence-corrected chi connectivity index (χ0v) is 13.7. The number of nitrogens with zero attached hydrogens (tertiary/aromatic N) is 2. The molecule has 102 valence electrons. The van der Waals surface area contributed by atoms with Crippen LogP contribution in [0.2, 0.25) is 0 Å². The Balaban J connectivity index is 2.70. The van der Waals surface area contributed by atoms with E-state index in [2.05, 4.69) is 41.8 Å². The minimum Gasteiger partial charge on any atom is -0.298 e. The molecule has 0 amide bonds. The van der Waals surface area contributed by atoms with Crippen LogP contribution in [0.1, 0.15) is 38.6 Å². The Morgan fingerprint density at radius 2 is 2.11 bits per heavy atom. The van der Waals surface area contributed by atoms with Gasteiger partial charge in [0.1, 0.15) is 5.78 Å². The Bertz CT molecular complexity index is 404. The van der Waals surface area contributed by atoms with Crippen molar-refractivity contribution in [3.05, 3.63) is 15.9 Å². The van der Waals surface area contributed by atoms with E-state index in [1.165, 1.54) is 0 Å². The van der Waals surface area contributed by atoms with Crippen molar-refractivity contribution in [1.82, 2.24) is 9.78 Å². The van der Waals surface area contributed by atoms with Crippen molar-refractivity contribution in [3.63, 3.8) is 0 Å². The van der Waals surface area contributed by atoms with E-state index < -0.39 is 0 Å². The van der Waals surface area contributed by atoms with Gasteiger partial charge in [-0.3, -0.25) is 9.48 Å². The van der Waals surface area contributed by atoms with E-state index in [0.717, 1.165) is 41.0 Å². The van der Waals surface area contributed by atoms with Crippen molar-refractivity contribution in [1.29, 1.82) is 0 Å². The molecular weight excluding hydrogens is 312 g/mol. The summed E-state index contributed by atoms with van der Waals surface area (Å²) in [6.45, 7) is 7.07. The van der Waals surface area contributed by atoms with Crippen LogP contribution in [-0.4, -0.2) is 27.1 Å². The highest BCUT2D eigenvalue weighted by molar-refractivity contribution is 9.10. The summed E-state index contributed by atoms with van der Waals surface area (Å²) in [4.78, 5) is 11.9. The first-order chi connectivity index (χ1) is 8.63. The summed E-state index contributed by atoms with van der Waals surface area (Å²) in [5.74, 6) is 1.95. The van der Waals surface area contributed by atoms with E-state index in [0.29, 0.717) is 12.2 Å². The fourth-order valence-corrected chi connectivity index (χ4v) is 3.22. The van der Waals surface area contributed by atoms with Gasteiger partial charge in [-0.1, -0.05) is 13.8 Å². The second-order valence-electron chi connectivity index (χ2n) is 4.14. The van der Waals surface area contributed by atoms with Crippen molar-refractivity contribution in [3.8, 4) is 0 Å². The number of Topliss-reactive ketones (excluding diaryl/α,β-unsaturated/α-hetero) is 1. The summed E-state index contributed by atoms with van der Waals surface area (Å²) in [6.07, 6.45) is 2.49. The lowest BCUT2D eigenvalue weighted by atomic mass is 10.2. The van der Waals surface area contributed by atoms with Gasteiger partial charge >= 0.3 is 0 Å². The first kappa shape index (κ1) is 15.8. The molecule has 0 saturated carbocycles. The maximum Gasteiger partial charge on any atom is 0.148 e. The molecule has 18 heavy (non-hydrogen) atoms. The van der Waals surface area contributed by atoms with Gasteiger partial charge in [0.15, 0.2) is 0 Å². The Kier molecular flexibility index (Phi) is 7.00. The summed E-state index contributed by atoms with van der Waals surface area (Å²) in [5.41, 5.74) is 2.07. The molecule has 1 rings (SSSR count). The van der Waals surface area contributed by atoms with E-state index in [1.807, 2.05) is 4.68 Å². The number of thioether (sulfide) groups is 1. The molecule has 0 N–H and O–H groups in total. The summed E-state index contributed by atoms with van der Waals surface area (Å²) < 4.78 is 2.95. The normalized spacial score (nSPS) is 10.9. The molecule has 0 aliphatic rings. The molecule has 0 radical (unpaired) electrons. The highest BCUT2D eigenvalue weighted by Gasteiger charge is 2.16. The Labute approximate surface area is 122 Å². The zero-order valence-electron chi connectivity index (χ0n) is 11.3. The summed E-state index contributed by atoms with van der Waals surface area (Å²) in [6, 6.07) is 0. The lowest BCUT2D eigenvalue weighted by Crippen LogP contribution is -2.11. The maximum atomic E-state index is 11.9. The smallest absolute Gasteiger partial charge is 0.148 e. The lowest BCUT2D eigenvalue weighted by Gasteiger charge is -2.04. The number of rotatable bonds is 8. The largest absolute Gasteiger partial charge is 0.298 e. The minimum atomic E-state index is 0.284. The topological polar surface area (TPSA) is 34.9 Å². The quantitative estimate of drug-likeness (QED) is 0.683. The third kappa shape index (κ3) is 4.12. The monoisotopic (exact) mass is 332 g/mol. The van der Waals surface area contributed by atoms with Gasteiger partial charge in [0, 0.05) is 6.54 Å². The SMILES string of the molecule is CCCSCC(=O)Cc1c(Br)c(CC)nn1CC. The van der Waals surface area contributed by atoms with Crippen LogP contribution in [0.3, 0.4) is 0 Å². The minimum absolute atomic E-state index is 0.284. The predicted molar refractivity (Wildman–Crippen MR) is 81.3 cm³/mol. The molecule has 0 atom stereocenters. The number of aromatic nitrogens is 2. The molecule has 1 heterocycles. The van der Waals surface area contributed by atoms with Crippen LogP contribution in [0.4, 0.5) is 0 Å². The van der Waals surface area contributed by atoms with E-state index in [4.69, 9.17) is 0 Å². The maximum absolute atomic E-state index is 11.9. The van der Waals surface area contributed by atoms with Crippen LogP contribution in [0, 0.1) is 0 Å². The average molecular weight is 333 g/mol. The Morgan fingerprint density at radius 1 is 1.39 bits per heavy atom. The van der Waals surface area contributed by atoms with Crippen molar-refractivity contribution >= 4 is 33.5 Å². The third-order valence-corrected chi connectivity index (χ3v) is 4.81. The van der Waals surface area contributed by atoms with Gasteiger partial charge in [-0.05, 0) is 41.4 Å². The number of aryl methyl sites for hydroxylation is 2. The van der Waals surface area contributed by atoms with Crippen LogP contribution in [0.25, 0.3) is 0 Å². The van der Waals surface area contributed by atoms with Crippen LogP contribution in [-0.2, 0) is 24.2 Å². The molecule has 0 aromatic carbocycles. The molecule has 0 saturated heterocycles. The molecule has 0 aliphatic heterocycles. The van der Waals surface area contributed by atoms with Crippen LogP contribution < -0.4 is 0 Å². The fraction of sp³-hybridized carbons (Fsp3) is 0.692. The van der Waals surface area contributed by atoms with Gasteiger partial charge in [0.05, 0.1) is 28.0 Å². The number of carbonyl (C=O) groups is 1. The molecule has 0 unspecified atom stereocenters. The van der Waals surface area contributed by atoms with E-state index >= 15 is 0 Å². The van der Waals surface area contributed by atoms with Gasteiger partial charge in [0.25, 0.3) is 0 Å². The van der Waals surface area contributed by atoms with Gasteiger partial charge in [-0.25, -0.2) is 0 Å². The van der Waals surface area contributed by atoms with Gasteiger partial charge < -0.3 is 0 Å². The second kappa shape index (κ2) is 8.00.